The van der Waals surface area contributed by atoms with Crippen molar-refractivity contribution in [2.24, 2.45) is 29.4 Å². The fraction of sp³-hybridized carbons (Fsp3) is 1.00. The molecule has 1 saturated heterocycles. The molecule has 5 unspecified atom stereocenters. The third kappa shape index (κ3) is 2.59. The maximum Gasteiger partial charge on any atom is 0.0251 e. The predicted molar refractivity (Wildman–Crippen MR) is 79.8 cm³/mol. The van der Waals surface area contributed by atoms with Crippen molar-refractivity contribution >= 4 is 11.8 Å². The molecule has 0 amide bonds. The van der Waals surface area contributed by atoms with Gasteiger partial charge in [0.2, 0.25) is 0 Å². The number of hydrogen-bond acceptors (Lipinski definition) is 3. The predicted octanol–water partition coefficient (Wildman–Crippen LogP) is 2.43. The van der Waals surface area contributed by atoms with Crippen LogP contribution in [-0.4, -0.2) is 42.6 Å². The molecule has 1 heterocycles. The molecule has 0 aromatic heterocycles. The van der Waals surface area contributed by atoms with Gasteiger partial charge in [-0.25, -0.2) is 0 Å². The van der Waals surface area contributed by atoms with Gasteiger partial charge >= 0.3 is 0 Å². The zero-order valence-corrected chi connectivity index (χ0v) is 12.5. The molecule has 104 valence electrons. The Hall–Kier alpha value is 0.270. The normalized spacial score (nSPS) is 40.8. The Morgan fingerprint density at radius 3 is 2.72 bits per heavy atom. The molecule has 2 aliphatic carbocycles. The molecule has 0 spiro atoms. The number of nitrogens with two attached hydrogens (primary N) is 1. The quantitative estimate of drug-likeness (QED) is 0.830. The average Bonchev–Trinajstić information content (AvgIpc) is 3.05. The lowest BCUT2D eigenvalue weighted by atomic mass is 9.87. The zero-order chi connectivity index (χ0) is 12.5. The van der Waals surface area contributed by atoms with Crippen LogP contribution in [0.4, 0.5) is 0 Å². The van der Waals surface area contributed by atoms with Crippen molar-refractivity contribution in [1.29, 1.82) is 0 Å². The third-order valence-corrected chi connectivity index (χ3v) is 6.91. The van der Waals surface area contributed by atoms with E-state index in [-0.39, 0.29) is 0 Å². The van der Waals surface area contributed by atoms with Gasteiger partial charge < -0.3 is 10.6 Å². The third-order valence-electron chi connectivity index (χ3n) is 5.72. The molecule has 0 aromatic rings. The first-order chi connectivity index (χ1) is 8.78. The van der Waals surface area contributed by atoms with E-state index in [1.165, 1.54) is 50.2 Å². The van der Waals surface area contributed by atoms with E-state index in [9.17, 15) is 0 Å². The van der Waals surface area contributed by atoms with Crippen molar-refractivity contribution in [3.63, 3.8) is 0 Å². The van der Waals surface area contributed by atoms with Crippen molar-refractivity contribution in [3.8, 4) is 0 Å². The van der Waals surface area contributed by atoms with Crippen LogP contribution in [0.1, 0.15) is 32.1 Å². The highest BCUT2D eigenvalue weighted by atomic mass is 32.2. The molecule has 0 aromatic carbocycles. The smallest absolute Gasteiger partial charge is 0.0251 e. The van der Waals surface area contributed by atoms with Crippen LogP contribution in [-0.2, 0) is 0 Å². The summed E-state index contributed by atoms with van der Waals surface area (Å²) in [5.74, 6) is 6.65. The average molecular weight is 268 g/mol. The number of likely N-dealkylation sites (N-methyl/N-ethyl adjacent to an activating group) is 1. The zero-order valence-electron chi connectivity index (χ0n) is 11.7. The lowest BCUT2D eigenvalue weighted by Crippen LogP contribution is -2.46. The summed E-state index contributed by atoms with van der Waals surface area (Å²) in [7, 11) is 2.33. The van der Waals surface area contributed by atoms with Gasteiger partial charge in [0.1, 0.15) is 0 Å². The maximum atomic E-state index is 6.05. The Morgan fingerprint density at radius 1 is 1.28 bits per heavy atom. The minimum absolute atomic E-state index is 0.638. The summed E-state index contributed by atoms with van der Waals surface area (Å²) in [4.78, 5) is 2.61. The number of nitrogens with zero attached hydrogens (tertiary/aromatic N) is 1. The van der Waals surface area contributed by atoms with Crippen LogP contribution in [0.15, 0.2) is 0 Å². The largest absolute Gasteiger partial charge is 0.329 e. The van der Waals surface area contributed by atoms with Crippen LogP contribution in [0, 0.1) is 23.7 Å². The second-order valence-electron chi connectivity index (χ2n) is 6.80. The molecule has 1 aliphatic heterocycles. The molecule has 3 heteroatoms. The molecule has 2 N–H and O–H groups in total. The minimum Gasteiger partial charge on any atom is -0.329 e. The van der Waals surface area contributed by atoms with E-state index >= 15 is 0 Å². The Bertz CT molecular complexity index is 278. The summed E-state index contributed by atoms with van der Waals surface area (Å²) >= 11 is 2.12. The highest BCUT2D eigenvalue weighted by molar-refractivity contribution is 7.99. The number of fused-ring (bicyclic) bond motifs is 2. The highest BCUT2D eigenvalue weighted by Gasteiger charge is 2.40. The van der Waals surface area contributed by atoms with E-state index in [1.54, 1.807) is 0 Å². The summed E-state index contributed by atoms with van der Waals surface area (Å²) in [6.07, 6.45) is 7.45. The van der Waals surface area contributed by atoms with E-state index < -0.39 is 0 Å². The van der Waals surface area contributed by atoms with E-state index in [2.05, 4.69) is 23.7 Å². The molecule has 0 radical (unpaired) electrons. The van der Waals surface area contributed by atoms with E-state index in [0.29, 0.717) is 6.04 Å². The van der Waals surface area contributed by atoms with Gasteiger partial charge in [-0.2, -0.15) is 11.8 Å². The Morgan fingerprint density at radius 2 is 2.17 bits per heavy atom. The number of rotatable bonds is 5. The summed E-state index contributed by atoms with van der Waals surface area (Å²) in [6.45, 7) is 2.16. The van der Waals surface area contributed by atoms with Gasteiger partial charge in [-0.05, 0) is 67.9 Å². The van der Waals surface area contributed by atoms with Crippen molar-refractivity contribution in [1.82, 2.24) is 4.90 Å². The highest BCUT2D eigenvalue weighted by Crippen LogP contribution is 2.48. The van der Waals surface area contributed by atoms with Gasteiger partial charge in [0.15, 0.2) is 0 Å². The molecule has 2 bridgehead atoms. The first-order valence-corrected chi connectivity index (χ1v) is 8.91. The first-order valence-electron chi connectivity index (χ1n) is 7.76. The molecule has 3 rings (SSSR count). The first kappa shape index (κ1) is 13.3. The monoisotopic (exact) mass is 268 g/mol. The molecule has 5 atom stereocenters. The van der Waals surface area contributed by atoms with Gasteiger partial charge in [0.25, 0.3) is 0 Å². The second-order valence-corrected chi connectivity index (χ2v) is 7.95. The number of hydrogen-bond donors (Lipinski definition) is 1. The van der Waals surface area contributed by atoms with Crippen LogP contribution in [0.5, 0.6) is 0 Å². The summed E-state index contributed by atoms with van der Waals surface area (Å²) in [5.41, 5.74) is 6.05. The van der Waals surface area contributed by atoms with Crippen molar-refractivity contribution in [2.45, 2.75) is 38.1 Å². The molecule has 3 aliphatic rings. The molecule has 3 fully saturated rings. The molecule has 18 heavy (non-hydrogen) atoms. The fourth-order valence-corrected chi connectivity index (χ4v) is 6.02. The summed E-state index contributed by atoms with van der Waals surface area (Å²) < 4.78 is 0. The van der Waals surface area contributed by atoms with Crippen LogP contribution in [0.25, 0.3) is 0 Å². The molecular weight excluding hydrogens is 240 g/mol. The van der Waals surface area contributed by atoms with Gasteiger partial charge in [0, 0.05) is 19.1 Å². The standard InChI is InChI=1S/C15H28N2S/c1-17(15(8-16)13-4-5-18-10-13)9-14-7-11-2-3-12(14)6-11/h11-15H,2-10,16H2,1H3. The Balaban J connectivity index is 1.54. The summed E-state index contributed by atoms with van der Waals surface area (Å²) in [5, 5.41) is 0. The maximum absolute atomic E-state index is 6.05. The minimum atomic E-state index is 0.638. The van der Waals surface area contributed by atoms with Gasteiger partial charge in [0.05, 0.1) is 0 Å². The van der Waals surface area contributed by atoms with Gasteiger partial charge in [-0.15, -0.1) is 0 Å². The van der Waals surface area contributed by atoms with Crippen LogP contribution >= 0.6 is 11.8 Å². The van der Waals surface area contributed by atoms with Crippen LogP contribution in [0.3, 0.4) is 0 Å². The Labute approximate surface area is 116 Å². The van der Waals surface area contributed by atoms with E-state index in [4.69, 9.17) is 5.73 Å². The topological polar surface area (TPSA) is 29.3 Å². The lowest BCUT2D eigenvalue weighted by molar-refractivity contribution is 0.143. The van der Waals surface area contributed by atoms with Crippen molar-refractivity contribution < 1.29 is 0 Å². The fourth-order valence-electron chi connectivity index (χ4n) is 4.69. The van der Waals surface area contributed by atoms with Crippen molar-refractivity contribution in [3.05, 3.63) is 0 Å². The van der Waals surface area contributed by atoms with Gasteiger partial charge in [-0.1, -0.05) is 6.42 Å². The van der Waals surface area contributed by atoms with Gasteiger partial charge in [-0.3, -0.25) is 0 Å². The van der Waals surface area contributed by atoms with Crippen LogP contribution < -0.4 is 5.73 Å². The molecule has 2 nitrogen and oxygen atoms in total. The second kappa shape index (κ2) is 5.72. The van der Waals surface area contributed by atoms with Crippen LogP contribution in [0.2, 0.25) is 0 Å². The van der Waals surface area contributed by atoms with E-state index in [0.717, 1.165) is 30.2 Å². The van der Waals surface area contributed by atoms with E-state index in [1.807, 2.05) is 0 Å². The molecular formula is C15H28N2S. The van der Waals surface area contributed by atoms with Crippen molar-refractivity contribution in [2.75, 3.05) is 31.6 Å². The summed E-state index contributed by atoms with van der Waals surface area (Å²) in [6, 6.07) is 0.638. The lowest BCUT2D eigenvalue weighted by Gasteiger charge is -2.35. The molecule has 2 saturated carbocycles. The Kier molecular flexibility index (Phi) is 4.21. The number of thioether (sulfide) groups is 1. The SMILES string of the molecule is CN(CC1CC2CCC1C2)C(CN)C1CCSC1.